The van der Waals surface area contributed by atoms with E-state index in [1.165, 1.54) is 19.3 Å². The van der Waals surface area contributed by atoms with Crippen molar-refractivity contribution >= 4 is 5.91 Å². The maximum Gasteiger partial charge on any atom is 0.252 e. The maximum atomic E-state index is 13.7. The molecule has 30 heavy (non-hydrogen) atoms. The van der Waals surface area contributed by atoms with Crippen molar-refractivity contribution in [1.82, 2.24) is 29.4 Å². The van der Waals surface area contributed by atoms with Crippen LogP contribution in [0, 0.1) is 0 Å². The van der Waals surface area contributed by atoms with E-state index in [1.807, 2.05) is 47.5 Å². The van der Waals surface area contributed by atoms with E-state index in [0.29, 0.717) is 6.54 Å². The van der Waals surface area contributed by atoms with E-state index < -0.39 is 6.04 Å². The molecule has 156 valence electrons. The number of hydrogen-bond donors (Lipinski definition) is 0. The molecule has 4 heterocycles. The van der Waals surface area contributed by atoms with Gasteiger partial charge in [0.2, 0.25) is 0 Å². The highest BCUT2D eigenvalue weighted by molar-refractivity contribution is 5.83. The zero-order chi connectivity index (χ0) is 20.3. The highest BCUT2D eigenvalue weighted by atomic mass is 16.2. The van der Waals surface area contributed by atoms with Gasteiger partial charge in [-0.25, -0.2) is 0 Å². The van der Waals surface area contributed by atoms with Gasteiger partial charge in [0.05, 0.1) is 0 Å². The Labute approximate surface area is 176 Å². The van der Waals surface area contributed by atoms with Gasteiger partial charge < -0.3 is 9.47 Å². The number of aromatic nitrogens is 5. The van der Waals surface area contributed by atoms with Crippen molar-refractivity contribution in [1.29, 1.82) is 0 Å². The van der Waals surface area contributed by atoms with Crippen LogP contribution in [0.5, 0.6) is 0 Å². The van der Waals surface area contributed by atoms with Crippen LogP contribution in [-0.2, 0) is 17.8 Å². The Morgan fingerprint density at radius 3 is 2.73 bits per heavy atom. The van der Waals surface area contributed by atoms with E-state index in [0.717, 1.165) is 49.6 Å². The highest BCUT2D eigenvalue weighted by Crippen LogP contribution is 2.30. The lowest BCUT2D eigenvalue weighted by Crippen LogP contribution is -2.44. The van der Waals surface area contributed by atoms with Crippen LogP contribution < -0.4 is 0 Å². The number of carbonyl (C=O) groups is 1. The van der Waals surface area contributed by atoms with Gasteiger partial charge in [0.1, 0.15) is 11.6 Å². The van der Waals surface area contributed by atoms with Gasteiger partial charge in [0.25, 0.3) is 5.91 Å². The number of benzene rings is 1. The molecule has 0 saturated carbocycles. The first-order valence-corrected chi connectivity index (χ1v) is 11.1. The Hall–Kier alpha value is -2.96. The SMILES string of the molecule is O=C(C(c1ccccc1)n1cccn1)N1CCCC(c2nnc3n2CCCCC3)C1. The molecular weight excluding hydrogens is 376 g/mol. The molecule has 0 spiro atoms. The average molecular weight is 405 g/mol. The maximum absolute atomic E-state index is 13.7. The predicted octanol–water partition coefficient (Wildman–Crippen LogP) is 3.20. The van der Waals surface area contributed by atoms with Crippen LogP contribution in [0.4, 0.5) is 0 Å². The van der Waals surface area contributed by atoms with E-state index in [4.69, 9.17) is 0 Å². The van der Waals surface area contributed by atoms with Gasteiger partial charge in [0, 0.05) is 44.4 Å². The predicted molar refractivity (Wildman–Crippen MR) is 113 cm³/mol. The Morgan fingerprint density at radius 2 is 1.90 bits per heavy atom. The van der Waals surface area contributed by atoms with E-state index in [2.05, 4.69) is 19.9 Å². The molecule has 2 aliphatic rings. The monoisotopic (exact) mass is 404 g/mol. The van der Waals surface area contributed by atoms with E-state index in [1.54, 1.807) is 10.9 Å². The summed E-state index contributed by atoms with van der Waals surface area (Å²) in [6, 6.07) is 11.4. The van der Waals surface area contributed by atoms with Crippen LogP contribution in [0.2, 0.25) is 0 Å². The van der Waals surface area contributed by atoms with Crippen LogP contribution in [0.3, 0.4) is 0 Å². The van der Waals surface area contributed by atoms with Crippen LogP contribution in [-0.4, -0.2) is 48.4 Å². The van der Waals surface area contributed by atoms with E-state index in [-0.39, 0.29) is 11.8 Å². The van der Waals surface area contributed by atoms with Gasteiger partial charge in [0.15, 0.2) is 6.04 Å². The molecule has 0 radical (unpaired) electrons. The van der Waals surface area contributed by atoms with Crippen LogP contribution >= 0.6 is 0 Å². The van der Waals surface area contributed by atoms with Crippen molar-refractivity contribution in [2.45, 2.75) is 57.0 Å². The summed E-state index contributed by atoms with van der Waals surface area (Å²) < 4.78 is 4.10. The fourth-order valence-electron chi connectivity index (χ4n) is 4.85. The summed E-state index contributed by atoms with van der Waals surface area (Å²) in [6.07, 6.45) is 10.3. The molecule has 5 rings (SSSR count). The highest BCUT2D eigenvalue weighted by Gasteiger charge is 2.34. The van der Waals surface area contributed by atoms with Gasteiger partial charge >= 0.3 is 0 Å². The Kier molecular flexibility index (Phi) is 5.34. The topological polar surface area (TPSA) is 68.8 Å². The van der Waals surface area contributed by atoms with Gasteiger partial charge in [-0.2, -0.15) is 5.10 Å². The Bertz CT molecular complexity index is 981. The Morgan fingerprint density at radius 1 is 1.00 bits per heavy atom. The lowest BCUT2D eigenvalue weighted by atomic mass is 9.95. The van der Waals surface area contributed by atoms with E-state index in [9.17, 15) is 4.79 Å². The normalized spacial score (nSPS) is 20.4. The molecular formula is C23H28N6O. The number of piperidine rings is 1. The molecule has 2 aromatic heterocycles. The van der Waals surface area contributed by atoms with Gasteiger partial charge in [-0.05, 0) is 37.3 Å². The molecule has 0 N–H and O–H groups in total. The summed E-state index contributed by atoms with van der Waals surface area (Å²) in [6.45, 7) is 2.48. The van der Waals surface area contributed by atoms with Crippen molar-refractivity contribution in [2.24, 2.45) is 0 Å². The van der Waals surface area contributed by atoms with Crippen LogP contribution in [0.1, 0.15) is 61.3 Å². The first kappa shape index (κ1) is 19.0. The first-order valence-electron chi connectivity index (χ1n) is 11.1. The molecule has 2 unspecified atom stereocenters. The molecule has 0 bridgehead atoms. The number of amides is 1. The van der Waals surface area contributed by atoms with Crippen molar-refractivity contribution in [3.05, 3.63) is 66.0 Å². The van der Waals surface area contributed by atoms with E-state index >= 15 is 0 Å². The molecule has 3 aromatic rings. The summed E-state index contributed by atoms with van der Waals surface area (Å²) in [5.74, 6) is 2.53. The number of likely N-dealkylation sites (tertiary alicyclic amines) is 1. The summed E-state index contributed by atoms with van der Waals surface area (Å²) in [4.78, 5) is 15.7. The molecule has 1 saturated heterocycles. The third-order valence-corrected chi connectivity index (χ3v) is 6.37. The first-order chi connectivity index (χ1) is 14.8. The molecule has 1 aromatic carbocycles. The number of aryl methyl sites for hydroxylation is 1. The third kappa shape index (κ3) is 3.64. The fourth-order valence-corrected chi connectivity index (χ4v) is 4.85. The minimum Gasteiger partial charge on any atom is -0.340 e. The second-order valence-corrected chi connectivity index (χ2v) is 8.36. The van der Waals surface area contributed by atoms with Crippen LogP contribution in [0.25, 0.3) is 0 Å². The number of carbonyl (C=O) groups excluding carboxylic acids is 1. The van der Waals surface area contributed by atoms with Crippen molar-refractivity contribution in [2.75, 3.05) is 13.1 Å². The fraction of sp³-hybridized carbons (Fsp3) is 0.478. The van der Waals surface area contributed by atoms with Crippen molar-refractivity contribution in [3.63, 3.8) is 0 Å². The quantitative estimate of drug-likeness (QED) is 0.670. The summed E-state index contributed by atoms with van der Waals surface area (Å²) in [5, 5.41) is 13.4. The molecule has 2 aliphatic heterocycles. The molecule has 1 amide bonds. The second-order valence-electron chi connectivity index (χ2n) is 8.36. The van der Waals surface area contributed by atoms with Crippen molar-refractivity contribution in [3.8, 4) is 0 Å². The molecule has 1 fully saturated rings. The lowest BCUT2D eigenvalue weighted by Gasteiger charge is -2.35. The standard InChI is InChI=1S/C23H28N6O/c30-23(21(29-16-8-13-24-29)18-9-3-1-4-10-18)27-14-7-11-19(17-27)22-26-25-20-12-5-2-6-15-28(20)22/h1,3-4,8-10,13,16,19,21H,2,5-7,11-12,14-15,17H2. The number of fused-ring (bicyclic) bond motifs is 1. The third-order valence-electron chi connectivity index (χ3n) is 6.37. The zero-order valence-electron chi connectivity index (χ0n) is 17.2. The average Bonchev–Trinajstić information content (AvgIpc) is 3.40. The largest absolute Gasteiger partial charge is 0.340 e. The summed E-state index contributed by atoms with van der Waals surface area (Å²) >= 11 is 0. The van der Waals surface area contributed by atoms with Gasteiger partial charge in [-0.3, -0.25) is 9.48 Å². The minimum absolute atomic E-state index is 0.102. The number of hydrogen-bond acceptors (Lipinski definition) is 4. The molecule has 2 atom stereocenters. The molecule has 7 nitrogen and oxygen atoms in total. The molecule has 0 aliphatic carbocycles. The molecule has 7 heteroatoms. The summed E-state index contributed by atoms with van der Waals surface area (Å²) in [5.41, 5.74) is 0.963. The zero-order valence-corrected chi connectivity index (χ0v) is 17.2. The number of rotatable bonds is 4. The van der Waals surface area contributed by atoms with Gasteiger partial charge in [-0.15, -0.1) is 10.2 Å². The lowest BCUT2D eigenvalue weighted by molar-refractivity contribution is -0.135. The second kappa shape index (κ2) is 8.42. The Balaban J connectivity index is 1.40. The van der Waals surface area contributed by atoms with Gasteiger partial charge in [-0.1, -0.05) is 36.8 Å². The number of nitrogens with zero attached hydrogens (tertiary/aromatic N) is 6. The van der Waals surface area contributed by atoms with Crippen LogP contribution in [0.15, 0.2) is 48.8 Å². The van der Waals surface area contributed by atoms with Crippen molar-refractivity contribution < 1.29 is 4.79 Å². The summed E-state index contributed by atoms with van der Waals surface area (Å²) in [7, 11) is 0. The minimum atomic E-state index is -0.435. The smallest absolute Gasteiger partial charge is 0.252 e.